The first-order valence-electron chi connectivity index (χ1n) is 6.97. The first-order chi connectivity index (χ1) is 9.20. The van der Waals surface area contributed by atoms with Gasteiger partial charge in [0.05, 0.1) is 11.9 Å². The predicted molar refractivity (Wildman–Crippen MR) is 75.8 cm³/mol. The molecule has 3 heterocycles. The summed E-state index contributed by atoms with van der Waals surface area (Å²) in [5.41, 5.74) is 0.463. The summed E-state index contributed by atoms with van der Waals surface area (Å²) in [6, 6.07) is 0.975. The molecular formula is C13H19ClN4O. The first-order valence-corrected chi connectivity index (χ1v) is 7.34. The molecule has 0 bridgehead atoms. The van der Waals surface area contributed by atoms with Gasteiger partial charge in [-0.05, 0) is 32.7 Å². The average Bonchev–Trinajstić information content (AvgIpc) is 3.00. The van der Waals surface area contributed by atoms with E-state index in [4.69, 9.17) is 11.6 Å². The van der Waals surface area contributed by atoms with Crippen molar-refractivity contribution in [2.45, 2.75) is 44.8 Å². The van der Waals surface area contributed by atoms with Gasteiger partial charge in [0.2, 0.25) is 0 Å². The van der Waals surface area contributed by atoms with Crippen molar-refractivity contribution in [3.8, 4) is 0 Å². The Bertz CT molecular complexity index is 530. The number of nitrogens with zero attached hydrogens (tertiary/aromatic N) is 3. The molecule has 1 aromatic heterocycles. The molecule has 2 aliphatic rings. The number of halogens is 1. The minimum Gasteiger partial charge on any atom is -0.378 e. The topological polar surface area (TPSA) is 50.2 Å². The van der Waals surface area contributed by atoms with Gasteiger partial charge in [0, 0.05) is 25.2 Å². The molecule has 104 valence electrons. The molecule has 19 heavy (non-hydrogen) atoms. The largest absolute Gasteiger partial charge is 0.378 e. The van der Waals surface area contributed by atoms with E-state index < -0.39 is 0 Å². The van der Waals surface area contributed by atoms with Crippen LogP contribution in [0.2, 0.25) is 5.02 Å². The third-order valence-electron chi connectivity index (χ3n) is 4.23. The second-order valence-electron chi connectivity index (χ2n) is 5.28. The summed E-state index contributed by atoms with van der Waals surface area (Å²) < 4.78 is 1.38. The van der Waals surface area contributed by atoms with E-state index >= 15 is 0 Å². The van der Waals surface area contributed by atoms with Crippen LogP contribution in [0.1, 0.15) is 26.2 Å². The molecule has 2 aliphatic heterocycles. The Morgan fingerprint density at radius 2 is 2.32 bits per heavy atom. The molecule has 6 heteroatoms. The lowest BCUT2D eigenvalue weighted by Gasteiger charge is -2.22. The number of aromatic nitrogens is 2. The van der Waals surface area contributed by atoms with Gasteiger partial charge in [-0.1, -0.05) is 11.6 Å². The van der Waals surface area contributed by atoms with Crippen LogP contribution >= 0.6 is 11.6 Å². The fourth-order valence-electron chi connectivity index (χ4n) is 3.24. The van der Waals surface area contributed by atoms with Gasteiger partial charge < -0.3 is 5.32 Å². The molecule has 2 atom stereocenters. The summed E-state index contributed by atoms with van der Waals surface area (Å²) in [4.78, 5) is 14.5. The molecule has 3 rings (SSSR count). The Labute approximate surface area is 117 Å². The van der Waals surface area contributed by atoms with Crippen molar-refractivity contribution < 1.29 is 0 Å². The summed E-state index contributed by atoms with van der Waals surface area (Å²) in [6.45, 7) is 4.76. The number of rotatable bonds is 3. The number of aryl methyl sites for hydroxylation is 1. The van der Waals surface area contributed by atoms with Gasteiger partial charge in [0.1, 0.15) is 5.02 Å². The van der Waals surface area contributed by atoms with Gasteiger partial charge >= 0.3 is 0 Å². The first kappa shape index (κ1) is 12.9. The van der Waals surface area contributed by atoms with Gasteiger partial charge in [-0.15, -0.1) is 0 Å². The molecule has 0 amide bonds. The van der Waals surface area contributed by atoms with Crippen LogP contribution in [0.3, 0.4) is 0 Å². The fourth-order valence-corrected chi connectivity index (χ4v) is 3.44. The van der Waals surface area contributed by atoms with Crippen molar-refractivity contribution in [1.82, 2.24) is 14.7 Å². The van der Waals surface area contributed by atoms with Crippen molar-refractivity contribution in [2.75, 3.05) is 18.4 Å². The normalized spacial score (nSPS) is 26.6. The summed E-state index contributed by atoms with van der Waals surface area (Å²) in [5.74, 6) is 0. The minimum atomic E-state index is -0.213. The maximum Gasteiger partial charge on any atom is 0.287 e. The lowest BCUT2D eigenvalue weighted by molar-refractivity contribution is 0.318. The van der Waals surface area contributed by atoms with E-state index in [9.17, 15) is 4.79 Å². The van der Waals surface area contributed by atoms with Crippen molar-refractivity contribution in [3.05, 3.63) is 21.6 Å². The van der Waals surface area contributed by atoms with Gasteiger partial charge in [-0.2, -0.15) is 5.10 Å². The quantitative estimate of drug-likeness (QED) is 0.914. The zero-order valence-electron chi connectivity index (χ0n) is 11.1. The number of anilines is 1. The van der Waals surface area contributed by atoms with Gasteiger partial charge in [0.25, 0.3) is 5.56 Å². The molecule has 2 unspecified atom stereocenters. The van der Waals surface area contributed by atoms with Gasteiger partial charge in [0.15, 0.2) is 0 Å². The summed E-state index contributed by atoms with van der Waals surface area (Å²) in [5, 5.41) is 7.81. The third kappa shape index (κ3) is 2.25. The van der Waals surface area contributed by atoms with Crippen LogP contribution < -0.4 is 10.9 Å². The Morgan fingerprint density at radius 3 is 3.11 bits per heavy atom. The molecule has 0 aliphatic carbocycles. The summed E-state index contributed by atoms with van der Waals surface area (Å²) in [7, 11) is 0. The Kier molecular flexibility index (Phi) is 3.50. The molecule has 0 radical (unpaired) electrons. The fraction of sp³-hybridized carbons (Fsp3) is 0.692. The van der Waals surface area contributed by atoms with Crippen LogP contribution in [-0.4, -0.2) is 39.9 Å². The monoisotopic (exact) mass is 282 g/mol. The highest BCUT2D eigenvalue weighted by atomic mass is 35.5. The van der Waals surface area contributed by atoms with Crippen molar-refractivity contribution in [2.24, 2.45) is 0 Å². The molecule has 0 spiro atoms. The zero-order chi connectivity index (χ0) is 13.4. The maximum atomic E-state index is 11.9. The second-order valence-corrected chi connectivity index (χ2v) is 5.66. The molecule has 2 fully saturated rings. The Morgan fingerprint density at radius 1 is 1.47 bits per heavy atom. The summed E-state index contributed by atoms with van der Waals surface area (Å²) >= 11 is 6.15. The molecule has 0 saturated carbocycles. The Hall–Kier alpha value is -1.07. The van der Waals surface area contributed by atoms with E-state index in [2.05, 4.69) is 15.3 Å². The minimum absolute atomic E-state index is 0.213. The van der Waals surface area contributed by atoms with Crippen LogP contribution in [0.5, 0.6) is 0 Å². The highest BCUT2D eigenvalue weighted by Gasteiger charge is 2.37. The van der Waals surface area contributed by atoms with Crippen molar-refractivity contribution >= 4 is 17.3 Å². The second kappa shape index (κ2) is 5.13. The van der Waals surface area contributed by atoms with Crippen molar-refractivity contribution in [1.29, 1.82) is 0 Å². The van der Waals surface area contributed by atoms with E-state index in [0.717, 1.165) is 13.0 Å². The van der Waals surface area contributed by atoms with Gasteiger partial charge in [-0.25, -0.2) is 4.68 Å². The number of hydrogen-bond donors (Lipinski definition) is 1. The van der Waals surface area contributed by atoms with E-state index in [-0.39, 0.29) is 10.6 Å². The van der Waals surface area contributed by atoms with Gasteiger partial charge in [-0.3, -0.25) is 9.69 Å². The Balaban J connectivity index is 1.80. The molecule has 2 saturated heterocycles. The zero-order valence-corrected chi connectivity index (χ0v) is 11.9. The smallest absolute Gasteiger partial charge is 0.287 e. The van der Waals surface area contributed by atoms with Crippen LogP contribution in [-0.2, 0) is 6.54 Å². The van der Waals surface area contributed by atoms with E-state index in [1.54, 1.807) is 6.20 Å². The lowest BCUT2D eigenvalue weighted by atomic mass is 10.1. The highest BCUT2D eigenvalue weighted by molar-refractivity contribution is 6.32. The molecule has 0 aromatic carbocycles. The number of nitrogens with one attached hydrogen (secondary N) is 1. The average molecular weight is 283 g/mol. The van der Waals surface area contributed by atoms with E-state index in [1.165, 1.54) is 24.1 Å². The van der Waals surface area contributed by atoms with Crippen molar-refractivity contribution in [3.63, 3.8) is 0 Å². The van der Waals surface area contributed by atoms with E-state index in [1.807, 2.05) is 6.92 Å². The maximum absolute atomic E-state index is 11.9. The number of fused-ring (bicyclic) bond motifs is 1. The summed E-state index contributed by atoms with van der Waals surface area (Å²) in [6.07, 6.45) is 5.28. The predicted octanol–water partition coefficient (Wildman–Crippen LogP) is 1.57. The van der Waals surface area contributed by atoms with Crippen LogP contribution in [0.4, 0.5) is 5.69 Å². The SMILES string of the molecule is CCn1ncc(NC2CCN3CCCC23)c(Cl)c1=O. The van der Waals surface area contributed by atoms with Crippen LogP contribution in [0, 0.1) is 0 Å². The third-order valence-corrected chi connectivity index (χ3v) is 4.60. The molecule has 5 nitrogen and oxygen atoms in total. The number of hydrogen-bond acceptors (Lipinski definition) is 4. The lowest BCUT2D eigenvalue weighted by Crippen LogP contribution is -2.34. The molecule has 1 aromatic rings. The van der Waals surface area contributed by atoms with Crippen LogP contribution in [0.15, 0.2) is 11.0 Å². The van der Waals surface area contributed by atoms with E-state index in [0.29, 0.717) is 24.3 Å². The molecular weight excluding hydrogens is 264 g/mol. The molecule has 1 N–H and O–H groups in total. The highest BCUT2D eigenvalue weighted by Crippen LogP contribution is 2.30. The van der Waals surface area contributed by atoms with Crippen LogP contribution in [0.25, 0.3) is 0 Å². The standard InChI is InChI=1S/C13H19ClN4O/c1-2-18-13(19)12(14)10(8-15-18)16-9-5-7-17-6-3-4-11(9)17/h8-9,11,16H,2-7H2,1H3.